The Kier molecular flexibility index (Phi) is 12.5. The van der Waals surface area contributed by atoms with Crippen LogP contribution in [0.5, 0.6) is 0 Å². The average molecular weight is 257 g/mol. The van der Waals surface area contributed by atoms with E-state index in [0.717, 1.165) is 25.7 Å². The van der Waals surface area contributed by atoms with E-state index in [-0.39, 0.29) is 25.1 Å². The van der Waals surface area contributed by atoms with E-state index in [2.05, 4.69) is 6.92 Å². The van der Waals surface area contributed by atoms with Crippen LogP contribution in [0.4, 0.5) is 0 Å². The summed E-state index contributed by atoms with van der Waals surface area (Å²) in [6.45, 7) is 5.88. The molecule has 1 radical (unpaired) electrons. The molecule has 1 unspecified atom stereocenters. The van der Waals surface area contributed by atoms with Crippen molar-refractivity contribution >= 4 is 5.97 Å². The lowest BCUT2D eigenvalue weighted by Gasteiger charge is -2.13. The highest BCUT2D eigenvalue weighted by Gasteiger charge is 2.16. The van der Waals surface area contributed by atoms with Crippen molar-refractivity contribution in [3.05, 3.63) is 6.92 Å². The number of unbranched alkanes of at least 4 members (excludes halogenated alkanes) is 6. The highest BCUT2D eigenvalue weighted by atomic mass is 16.5. The Bertz CT molecular complexity index is 192. The first-order valence-corrected chi connectivity index (χ1v) is 7.33. The first kappa shape index (κ1) is 17.4. The second kappa shape index (κ2) is 12.9. The molecular formula is C15H29O3. The molecule has 0 aliphatic rings. The fourth-order valence-corrected chi connectivity index (χ4v) is 2.03. The molecule has 3 nitrogen and oxygen atoms in total. The molecule has 0 aromatic carbocycles. The van der Waals surface area contributed by atoms with Crippen LogP contribution in [0.2, 0.25) is 0 Å². The predicted molar refractivity (Wildman–Crippen MR) is 74.1 cm³/mol. The number of aliphatic hydroxyl groups excluding tert-OH is 1. The monoisotopic (exact) mass is 257 g/mol. The standard InChI is InChI=1S/C15H29O3/c1-3-5-6-7-8-9-10-11-14(4-2)15(17)18-13-12-16/h14,16H,1,3-13H2,2H3. The van der Waals surface area contributed by atoms with E-state index in [9.17, 15) is 4.79 Å². The lowest BCUT2D eigenvalue weighted by molar-refractivity contribution is -0.149. The average Bonchev–Trinajstić information content (AvgIpc) is 2.39. The summed E-state index contributed by atoms with van der Waals surface area (Å²) in [5, 5.41) is 8.60. The van der Waals surface area contributed by atoms with Gasteiger partial charge in [0, 0.05) is 0 Å². The van der Waals surface area contributed by atoms with Crippen molar-refractivity contribution in [1.82, 2.24) is 0 Å². The summed E-state index contributed by atoms with van der Waals surface area (Å²) in [5.74, 6) is -0.139. The third kappa shape index (κ3) is 9.46. The van der Waals surface area contributed by atoms with Crippen LogP contribution in [0.15, 0.2) is 0 Å². The van der Waals surface area contributed by atoms with E-state index in [1.807, 2.05) is 6.92 Å². The Morgan fingerprint density at radius 3 is 2.33 bits per heavy atom. The molecule has 107 valence electrons. The van der Waals surface area contributed by atoms with Crippen LogP contribution in [0, 0.1) is 12.8 Å². The Morgan fingerprint density at radius 2 is 1.78 bits per heavy atom. The molecular weight excluding hydrogens is 228 g/mol. The Hall–Kier alpha value is -0.570. The highest BCUT2D eigenvalue weighted by Crippen LogP contribution is 2.16. The molecule has 1 N–H and O–H groups in total. The number of carbonyl (C=O) groups is 1. The van der Waals surface area contributed by atoms with Gasteiger partial charge in [0.1, 0.15) is 6.61 Å². The van der Waals surface area contributed by atoms with Crippen molar-refractivity contribution in [3.63, 3.8) is 0 Å². The fraction of sp³-hybridized carbons (Fsp3) is 0.867. The van der Waals surface area contributed by atoms with Crippen LogP contribution in [-0.2, 0) is 9.53 Å². The maximum absolute atomic E-state index is 11.6. The van der Waals surface area contributed by atoms with Crippen molar-refractivity contribution in [2.75, 3.05) is 13.2 Å². The van der Waals surface area contributed by atoms with Gasteiger partial charge in [-0.3, -0.25) is 4.79 Å². The van der Waals surface area contributed by atoms with Gasteiger partial charge < -0.3 is 9.84 Å². The summed E-state index contributed by atoms with van der Waals surface area (Å²) in [4.78, 5) is 11.6. The van der Waals surface area contributed by atoms with Crippen molar-refractivity contribution < 1.29 is 14.6 Å². The van der Waals surface area contributed by atoms with Crippen LogP contribution in [0.25, 0.3) is 0 Å². The van der Waals surface area contributed by atoms with Gasteiger partial charge in [-0.15, -0.1) is 0 Å². The number of carbonyl (C=O) groups excluding carboxylic acids is 1. The van der Waals surface area contributed by atoms with Crippen LogP contribution in [0.1, 0.15) is 64.7 Å². The predicted octanol–water partition coefficient (Wildman–Crippen LogP) is 3.50. The molecule has 0 fully saturated rings. The SMILES string of the molecule is [CH2]CCCCCCCCC(CC)C(=O)OCCO. The number of hydrogen-bond acceptors (Lipinski definition) is 3. The maximum Gasteiger partial charge on any atom is 0.308 e. The molecule has 1 atom stereocenters. The van der Waals surface area contributed by atoms with Gasteiger partial charge in [-0.1, -0.05) is 58.8 Å². The van der Waals surface area contributed by atoms with E-state index >= 15 is 0 Å². The normalized spacial score (nSPS) is 12.4. The molecule has 0 aliphatic carbocycles. The summed E-state index contributed by atoms with van der Waals surface area (Å²) < 4.78 is 4.96. The summed E-state index contributed by atoms with van der Waals surface area (Å²) in [7, 11) is 0. The van der Waals surface area contributed by atoms with Crippen molar-refractivity contribution in [3.8, 4) is 0 Å². The molecule has 0 rings (SSSR count). The quantitative estimate of drug-likeness (QED) is 0.430. The minimum atomic E-state index is -0.149. The number of aliphatic hydroxyl groups is 1. The third-order valence-electron chi connectivity index (χ3n) is 3.21. The molecule has 0 bridgehead atoms. The number of ether oxygens (including phenoxy) is 1. The largest absolute Gasteiger partial charge is 0.463 e. The number of esters is 1. The van der Waals surface area contributed by atoms with E-state index in [1.54, 1.807) is 0 Å². The van der Waals surface area contributed by atoms with E-state index < -0.39 is 0 Å². The zero-order valence-electron chi connectivity index (χ0n) is 11.8. The molecule has 0 heterocycles. The lowest BCUT2D eigenvalue weighted by atomic mass is 9.98. The van der Waals surface area contributed by atoms with E-state index in [1.165, 1.54) is 32.1 Å². The summed E-state index contributed by atoms with van der Waals surface area (Å²) in [6.07, 6.45) is 10.1. The van der Waals surface area contributed by atoms with Crippen molar-refractivity contribution in [2.24, 2.45) is 5.92 Å². The number of rotatable bonds is 12. The van der Waals surface area contributed by atoms with Gasteiger partial charge >= 0.3 is 5.97 Å². The Morgan fingerprint density at radius 1 is 1.17 bits per heavy atom. The Balaban J connectivity index is 3.52. The third-order valence-corrected chi connectivity index (χ3v) is 3.21. The first-order valence-electron chi connectivity index (χ1n) is 7.33. The van der Waals surface area contributed by atoms with Gasteiger partial charge in [0.2, 0.25) is 0 Å². The summed E-state index contributed by atoms with van der Waals surface area (Å²) in [6, 6.07) is 0. The van der Waals surface area contributed by atoms with E-state index in [4.69, 9.17) is 9.84 Å². The minimum Gasteiger partial charge on any atom is -0.463 e. The van der Waals surface area contributed by atoms with Gasteiger partial charge in [-0.05, 0) is 12.8 Å². The lowest BCUT2D eigenvalue weighted by Crippen LogP contribution is -2.18. The van der Waals surface area contributed by atoms with Crippen LogP contribution in [-0.4, -0.2) is 24.3 Å². The molecule has 0 aromatic heterocycles. The van der Waals surface area contributed by atoms with Crippen molar-refractivity contribution in [1.29, 1.82) is 0 Å². The van der Waals surface area contributed by atoms with Crippen LogP contribution in [0.3, 0.4) is 0 Å². The molecule has 3 heteroatoms. The molecule has 0 saturated carbocycles. The van der Waals surface area contributed by atoms with Gasteiger partial charge in [0.25, 0.3) is 0 Å². The van der Waals surface area contributed by atoms with Crippen molar-refractivity contribution in [2.45, 2.75) is 64.7 Å². The van der Waals surface area contributed by atoms with E-state index in [0.29, 0.717) is 0 Å². The van der Waals surface area contributed by atoms with Crippen LogP contribution >= 0.6 is 0 Å². The zero-order chi connectivity index (χ0) is 13.6. The zero-order valence-corrected chi connectivity index (χ0v) is 11.8. The molecule has 0 spiro atoms. The molecule has 18 heavy (non-hydrogen) atoms. The molecule has 0 amide bonds. The second-order valence-electron chi connectivity index (χ2n) is 4.76. The summed E-state index contributed by atoms with van der Waals surface area (Å²) >= 11 is 0. The fourth-order valence-electron chi connectivity index (χ4n) is 2.03. The van der Waals surface area contributed by atoms with Gasteiger partial charge in [-0.25, -0.2) is 0 Å². The van der Waals surface area contributed by atoms with Crippen LogP contribution < -0.4 is 0 Å². The highest BCUT2D eigenvalue weighted by molar-refractivity contribution is 5.72. The second-order valence-corrected chi connectivity index (χ2v) is 4.76. The summed E-state index contributed by atoms with van der Waals surface area (Å²) in [5.41, 5.74) is 0. The first-order chi connectivity index (χ1) is 8.76. The maximum atomic E-state index is 11.6. The Labute approximate surface area is 112 Å². The van der Waals surface area contributed by atoms with Gasteiger partial charge in [0.05, 0.1) is 12.5 Å². The smallest absolute Gasteiger partial charge is 0.308 e. The van der Waals surface area contributed by atoms with Gasteiger partial charge in [0.15, 0.2) is 0 Å². The van der Waals surface area contributed by atoms with Gasteiger partial charge in [-0.2, -0.15) is 0 Å². The minimum absolute atomic E-state index is 0.0105. The topological polar surface area (TPSA) is 46.5 Å². The molecule has 0 aliphatic heterocycles. The number of hydrogen-bond donors (Lipinski definition) is 1. The molecule has 0 aromatic rings. The molecule has 0 saturated heterocycles.